The first kappa shape index (κ1) is 15.5. The molecule has 3 unspecified atom stereocenters. The van der Waals surface area contributed by atoms with Crippen LogP contribution >= 0.6 is 0 Å². The number of hydrogen-bond acceptors (Lipinski definition) is 4. The minimum Gasteiger partial charge on any atom is -0.396 e. The zero-order valence-corrected chi connectivity index (χ0v) is 13.0. The number of benzene rings is 1. The molecule has 24 heavy (non-hydrogen) atoms. The van der Waals surface area contributed by atoms with Crippen molar-refractivity contribution in [1.82, 2.24) is 4.90 Å². The molecule has 1 saturated heterocycles. The van der Waals surface area contributed by atoms with Crippen LogP contribution in [0.2, 0.25) is 0 Å². The lowest BCUT2D eigenvalue weighted by atomic mass is 9.89. The number of piperidine rings is 1. The fourth-order valence-electron chi connectivity index (χ4n) is 4.41. The molecule has 1 saturated carbocycles. The largest absolute Gasteiger partial charge is 0.396 e. The smallest absolute Gasteiger partial charge is 0.230 e. The van der Waals surface area contributed by atoms with Crippen molar-refractivity contribution in [2.45, 2.75) is 12.3 Å². The number of carbonyl (C=O) groups excluding carboxylic acids is 2. The lowest BCUT2D eigenvalue weighted by Gasteiger charge is -2.31. The number of carbonyl (C=O) groups is 2. The van der Waals surface area contributed by atoms with Crippen molar-refractivity contribution in [3.63, 3.8) is 0 Å². The Hall–Kier alpha value is -1.99. The summed E-state index contributed by atoms with van der Waals surface area (Å²) in [4.78, 5) is 26.4. The van der Waals surface area contributed by atoms with E-state index in [4.69, 9.17) is 0 Å². The highest BCUT2D eigenvalue weighted by atomic mass is 19.1. The summed E-state index contributed by atoms with van der Waals surface area (Å²) in [6.07, 6.45) is 0.0500. The number of hydrogen-bond donors (Lipinski definition) is 3. The second-order valence-electron chi connectivity index (χ2n) is 7.04. The van der Waals surface area contributed by atoms with E-state index in [0.29, 0.717) is 24.3 Å². The van der Waals surface area contributed by atoms with Crippen LogP contribution in [0.3, 0.4) is 0 Å². The third kappa shape index (κ3) is 2.08. The highest BCUT2D eigenvalue weighted by molar-refractivity contribution is 6.01. The Labute approximate surface area is 138 Å². The zero-order chi connectivity index (χ0) is 17.1. The van der Waals surface area contributed by atoms with Crippen molar-refractivity contribution in [3.8, 4) is 0 Å². The number of halogens is 1. The van der Waals surface area contributed by atoms with Gasteiger partial charge >= 0.3 is 0 Å². The van der Waals surface area contributed by atoms with Gasteiger partial charge in [0.15, 0.2) is 0 Å². The molecule has 0 bridgehead atoms. The van der Waals surface area contributed by atoms with Gasteiger partial charge in [-0.2, -0.15) is 0 Å². The molecule has 3 N–H and O–H groups in total. The summed E-state index contributed by atoms with van der Waals surface area (Å²) in [5.41, 5.74) is 0.535. The van der Waals surface area contributed by atoms with Crippen LogP contribution in [0.15, 0.2) is 18.2 Å². The van der Waals surface area contributed by atoms with Gasteiger partial charge < -0.3 is 20.4 Å². The average molecular weight is 334 g/mol. The highest BCUT2D eigenvalue weighted by Crippen LogP contribution is 2.62. The van der Waals surface area contributed by atoms with Gasteiger partial charge in [-0.25, -0.2) is 4.39 Å². The van der Waals surface area contributed by atoms with E-state index in [1.165, 1.54) is 12.1 Å². The quantitative estimate of drug-likeness (QED) is 0.742. The Balaban J connectivity index is 1.54. The van der Waals surface area contributed by atoms with Crippen LogP contribution in [0.4, 0.5) is 10.1 Å². The molecule has 1 aromatic rings. The topological polar surface area (TPSA) is 89.9 Å². The molecule has 7 heteroatoms. The standard InChI is InChI=1S/C17H19FN2O4/c18-9-1-2-10-11(4-15(23)19-14(10)3-9)16(24)20-5-12-13(6-20)17(12,7-21)8-22/h1-3,11-13,21-22H,4-8H2,(H,19,23). The summed E-state index contributed by atoms with van der Waals surface area (Å²) >= 11 is 0. The minimum absolute atomic E-state index is 0.0500. The predicted octanol–water partition coefficient (Wildman–Crippen LogP) is 0.311. The van der Waals surface area contributed by atoms with Crippen LogP contribution in [0.5, 0.6) is 0 Å². The molecule has 0 aromatic heterocycles. The number of aliphatic hydroxyl groups is 2. The monoisotopic (exact) mass is 334 g/mol. The second kappa shape index (κ2) is 5.26. The molecule has 3 aliphatic rings. The van der Waals surface area contributed by atoms with Crippen molar-refractivity contribution >= 4 is 17.5 Å². The number of nitrogens with one attached hydrogen (secondary N) is 1. The third-order valence-corrected chi connectivity index (χ3v) is 5.94. The van der Waals surface area contributed by atoms with Crippen molar-refractivity contribution in [3.05, 3.63) is 29.6 Å². The van der Waals surface area contributed by atoms with Crippen LogP contribution in [0, 0.1) is 23.1 Å². The van der Waals surface area contributed by atoms with Crippen LogP contribution in [0.1, 0.15) is 17.9 Å². The molecule has 0 spiro atoms. The molecule has 2 aliphatic heterocycles. The Morgan fingerprint density at radius 2 is 1.96 bits per heavy atom. The summed E-state index contributed by atoms with van der Waals surface area (Å²) < 4.78 is 13.4. The Kier molecular flexibility index (Phi) is 3.40. The summed E-state index contributed by atoms with van der Waals surface area (Å²) in [6, 6.07) is 4.08. The lowest BCUT2D eigenvalue weighted by Crippen LogP contribution is -2.41. The van der Waals surface area contributed by atoms with Crippen LogP contribution < -0.4 is 5.32 Å². The molecule has 0 radical (unpaired) electrons. The van der Waals surface area contributed by atoms with Gasteiger partial charge in [0.1, 0.15) is 5.82 Å². The third-order valence-electron chi connectivity index (χ3n) is 5.94. The molecule has 128 valence electrons. The van der Waals surface area contributed by atoms with Gasteiger partial charge in [-0.3, -0.25) is 9.59 Å². The van der Waals surface area contributed by atoms with Crippen molar-refractivity contribution in [1.29, 1.82) is 0 Å². The number of amides is 2. The van der Waals surface area contributed by atoms with Gasteiger partial charge in [0.25, 0.3) is 0 Å². The van der Waals surface area contributed by atoms with E-state index in [9.17, 15) is 24.2 Å². The summed E-state index contributed by atoms with van der Waals surface area (Å²) in [5.74, 6) is -1.28. The first-order valence-corrected chi connectivity index (χ1v) is 8.10. The summed E-state index contributed by atoms with van der Waals surface area (Å²) in [7, 11) is 0. The van der Waals surface area contributed by atoms with Gasteiger partial charge in [-0.05, 0) is 29.5 Å². The van der Waals surface area contributed by atoms with Crippen LogP contribution in [-0.2, 0) is 9.59 Å². The normalized spacial score (nSPS) is 29.7. The lowest BCUT2D eigenvalue weighted by molar-refractivity contribution is -0.135. The molecular formula is C17H19FN2O4. The van der Waals surface area contributed by atoms with E-state index >= 15 is 0 Å². The maximum atomic E-state index is 13.4. The van der Waals surface area contributed by atoms with E-state index in [-0.39, 0.29) is 43.3 Å². The molecule has 2 heterocycles. The van der Waals surface area contributed by atoms with E-state index in [2.05, 4.69) is 5.32 Å². The molecule has 4 rings (SSSR count). The molecule has 2 amide bonds. The molecule has 6 nitrogen and oxygen atoms in total. The maximum Gasteiger partial charge on any atom is 0.230 e. The molecular weight excluding hydrogens is 315 g/mol. The van der Waals surface area contributed by atoms with Gasteiger partial charge in [0.2, 0.25) is 11.8 Å². The van der Waals surface area contributed by atoms with Gasteiger partial charge in [0, 0.05) is 30.6 Å². The summed E-state index contributed by atoms with van der Waals surface area (Å²) in [5, 5.41) is 21.6. The molecule has 2 fully saturated rings. The Morgan fingerprint density at radius 3 is 2.58 bits per heavy atom. The number of anilines is 1. The fourth-order valence-corrected chi connectivity index (χ4v) is 4.41. The average Bonchev–Trinajstić information content (AvgIpc) is 2.93. The number of rotatable bonds is 3. The fraction of sp³-hybridized carbons (Fsp3) is 0.529. The minimum atomic E-state index is -0.607. The summed E-state index contributed by atoms with van der Waals surface area (Å²) in [6.45, 7) is 0.822. The number of nitrogens with zero attached hydrogens (tertiary/aromatic N) is 1. The van der Waals surface area contributed by atoms with Crippen molar-refractivity contribution in [2.75, 3.05) is 31.6 Å². The maximum absolute atomic E-state index is 13.4. The second-order valence-corrected chi connectivity index (χ2v) is 7.04. The van der Waals surface area contributed by atoms with Crippen molar-refractivity contribution in [2.24, 2.45) is 17.3 Å². The van der Waals surface area contributed by atoms with E-state index in [0.717, 1.165) is 0 Å². The Bertz CT molecular complexity index is 705. The van der Waals surface area contributed by atoms with Gasteiger partial charge in [-0.1, -0.05) is 6.07 Å². The number of fused-ring (bicyclic) bond motifs is 2. The van der Waals surface area contributed by atoms with E-state index < -0.39 is 17.2 Å². The first-order chi connectivity index (χ1) is 11.5. The van der Waals surface area contributed by atoms with Crippen molar-refractivity contribution < 1.29 is 24.2 Å². The predicted molar refractivity (Wildman–Crippen MR) is 82.6 cm³/mol. The number of aliphatic hydroxyl groups excluding tert-OH is 2. The zero-order valence-electron chi connectivity index (χ0n) is 13.0. The van der Waals surface area contributed by atoms with E-state index in [1.54, 1.807) is 11.0 Å². The van der Waals surface area contributed by atoms with Crippen LogP contribution in [0.25, 0.3) is 0 Å². The highest BCUT2D eigenvalue weighted by Gasteiger charge is 2.68. The Morgan fingerprint density at radius 1 is 1.29 bits per heavy atom. The number of likely N-dealkylation sites (tertiary alicyclic amines) is 1. The molecule has 1 aliphatic carbocycles. The molecule has 1 aromatic carbocycles. The molecule has 3 atom stereocenters. The SMILES string of the molecule is O=C1CC(C(=O)N2CC3C(C2)C3(CO)CO)c2ccc(F)cc2N1. The first-order valence-electron chi connectivity index (χ1n) is 8.10. The van der Waals surface area contributed by atoms with Gasteiger partial charge in [0.05, 0.1) is 19.1 Å². The van der Waals surface area contributed by atoms with Gasteiger partial charge in [-0.15, -0.1) is 0 Å². The van der Waals surface area contributed by atoms with Crippen LogP contribution in [-0.4, -0.2) is 53.2 Å². The van der Waals surface area contributed by atoms with E-state index in [1.807, 2.05) is 0 Å².